The molecular formula is C27H17N3O2. The summed E-state index contributed by atoms with van der Waals surface area (Å²) < 4.78 is 2.17. The van der Waals surface area contributed by atoms with E-state index in [-0.39, 0.29) is 10.6 Å². The van der Waals surface area contributed by atoms with Crippen LogP contribution < -0.4 is 0 Å². The number of non-ortho nitro benzene ring substituents is 1. The lowest BCUT2D eigenvalue weighted by Crippen LogP contribution is -1.89. The normalized spacial score (nSPS) is 11.4. The van der Waals surface area contributed by atoms with Crippen molar-refractivity contribution < 1.29 is 4.92 Å². The van der Waals surface area contributed by atoms with E-state index < -0.39 is 0 Å². The molecule has 0 fully saturated rings. The van der Waals surface area contributed by atoms with Crippen LogP contribution in [-0.2, 0) is 0 Å². The maximum Gasteiger partial charge on any atom is 0.270 e. The van der Waals surface area contributed by atoms with E-state index in [1.54, 1.807) is 12.1 Å². The molecule has 0 aliphatic carbocycles. The quantitative estimate of drug-likeness (QED) is 0.234. The number of nitro benzene ring substituents is 1. The highest BCUT2D eigenvalue weighted by atomic mass is 16.6. The molecule has 0 amide bonds. The maximum atomic E-state index is 11.4. The van der Waals surface area contributed by atoms with E-state index >= 15 is 0 Å². The maximum absolute atomic E-state index is 11.4. The van der Waals surface area contributed by atoms with Crippen molar-refractivity contribution in [2.45, 2.75) is 0 Å². The molecule has 32 heavy (non-hydrogen) atoms. The van der Waals surface area contributed by atoms with E-state index in [0.717, 1.165) is 50.2 Å². The summed E-state index contributed by atoms with van der Waals surface area (Å²) in [5, 5.41) is 11.4. The predicted molar refractivity (Wildman–Crippen MR) is 127 cm³/mol. The summed E-state index contributed by atoms with van der Waals surface area (Å²) in [6.45, 7) is 0. The summed E-state index contributed by atoms with van der Waals surface area (Å²) in [5.41, 5.74) is 8.77. The van der Waals surface area contributed by atoms with Gasteiger partial charge >= 0.3 is 0 Å². The van der Waals surface area contributed by atoms with Crippen molar-refractivity contribution >= 4 is 22.4 Å². The van der Waals surface area contributed by atoms with Gasteiger partial charge in [0.2, 0.25) is 0 Å². The van der Waals surface area contributed by atoms with Crippen LogP contribution in [0.4, 0.5) is 5.69 Å². The Bertz CT molecular complexity index is 1590. The molecule has 5 nitrogen and oxygen atoms in total. The fourth-order valence-corrected chi connectivity index (χ4v) is 4.52. The molecule has 0 atom stereocenters. The molecule has 3 aromatic heterocycles. The molecule has 6 rings (SSSR count). The molecule has 0 N–H and O–H groups in total. The smallest absolute Gasteiger partial charge is 0.270 e. The summed E-state index contributed by atoms with van der Waals surface area (Å²) >= 11 is 0. The number of hydrogen-bond acceptors (Lipinski definition) is 3. The highest BCUT2D eigenvalue weighted by Crippen LogP contribution is 2.45. The first-order chi connectivity index (χ1) is 15.7. The van der Waals surface area contributed by atoms with E-state index in [9.17, 15) is 10.1 Å². The topological polar surface area (TPSA) is 60.4 Å². The Morgan fingerprint density at radius 3 is 2.00 bits per heavy atom. The Morgan fingerprint density at radius 2 is 1.31 bits per heavy atom. The largest absolute Gasteiger partial charge is 0.291 e. The van der Waals surface area contributed by atoms with E-state index in [0.29, 0.717) is 0 Å². The van der Waals surface area contributed by atoms with E-state index in [1.165, 1.54) is 6.07 Å². The summed E-state index contributed by atoms with van der Waals surface area (Å²) in [4.78, 5) is 16.0. The number of benzene rings is 3. The van der Waals surface area contributed by atoms with Crippen LogP contribution >= 0.6 is 0 Å². The van der Waals surface area contributed by atoms with Crippen LogP contribution in [0.2, 0.25) is 0 Å². The molecule has 152 valence electrons. The lowest BCUT2D eigenvalue weighted by molar-refractivity contribution is -0.384. The number of aromatic nitrogens is 2. The van der Waals surface area contributed by atoms with Gasteiger partial charge in [0.05, 0.1) is 21.7 Å². The van der Waals surface area contributed by atoms with E-state index in [2.05, 4.69) is 34.7 Å². The summed E-state index contributed by atoms with van der Waals surface area (Å²) in [7, 11) is 0. The Balaban J connectivity index is 1.78. The van der Waals surface area contributed by atoms with Crippen molar-refractivity contribution in [3.05, 3.63) is 113 Å². The minimum atomic E-state index is -0.368. The van der Waals surface area contributed by atoms with Crippen LogP contribution in [0.5, 0.6) is 0 Å². The molecular weight excluding hydrogens is 398 g/mol. The zero-order valence-electron chi connectivity index (χ0n) is 17.0. The molecule has 3 aromatic carbocycles. The third-order valence-corrected chi connectivity index (χ3v) is 5.84. The lowest BCUT2D eigenvalue weighted by atomic mass is 9.95. The van der Waals surface area contributed by atoms with Crippen LogP contribution in [0, 0.1) is 10.1 Å². The number of pyridine rings is 1. The van der Waals surface area contributed by atoms with Gasteiger partial charge in [0, 0.05) is 28.8 Å². The number of hydrogen-bond donors (Lipinski definition) is 0. The van der Waals surface area contributed by atoms with Crippen molar-refractivity contribution in [3.63, 3.8) is 0 Å². The highest BCUT2D eigenvalue weighted by Gasteiger charge is 2.25. The molecule has 0 spiro atoms. The summed E-state index contributed by atoms with van der Waals surface area (Å²) in [6.07, 6.45) is 0. The average Bonchev–Trinajstić information content (AvgIpc) is 3.40. The van der Waals surface area contributed by atoms with Gasteiger partial charge in [0.25, 0.3) is 5.69 Å². The second kappa shape index (κ2) is 7.03. The molecule has 0 unspecified atom stereocenters. The molecule has 0 aliphatic rings. The predicted octanol–water partition coefficient (Wildman–Crippen LogP) is 6.83. The van der Waals surface area contributed by atoms with Gasteiger partial charge in [-0.15, -0.1) is 0 Å². The van der Waals surface area contributed by atoms with Crippen molar-refractivity contribution in [3.8, 4) is 33.5 Å². The van der Waals surface area contributed by atoms with Crippen LogP contribution in [0.25, 0.3) is 50.2 Å². The van der Waals surface area contributed by atoms with Gasteiger partial charge in [-0.05, 0) is 23.3 Å². The fourth-order valence-electron chi connectivity index (χ4n) is 4.52. The third kappa shape index (κ3) is 2.68. The highest BCUT2D eigenvalue weighted by molar-refractivity contribution is 6.09. The number of imidazole rings is 1. The zero-order valence-corrected chi connectivity index (χ0v) is 17.0. The first-order valence-electron chi connectivity index (χ1n) is 10.3. The van der Waals surface area contributed by atoms with Crippen molar-refractivity contribution in [1.29, 1.82) is 0 Å². The number of nitrogens with zero attached hydrogens (tertiary/aromatic N) is 3. The van der Waals surface area contributed by atoms with Crippen LogP contribution in [0.15, 0.2) is 103 Å². The summed E-state index contributed by atoms with van der Waals surface area (Å²) in [6, 6.07) is 33.4. The molecule has 0 aliphatic heterocycles. The van der Waals surface area contributed by atoms with Gasteiger partial charge in [-0.3, -0.25) is 14.5 Å². The first-order valence-corrected chi connectivity index (χ1v) is 10.3. The molecule has 0 radical (unpaired) electrons. The Morgan fingerprint density at radius 1 is 0.688 bits per heavy atom. The minimum Gasteiger partial charge on any atom is -0.291 e. The lowest BCUT2D eigenvalue weighted by Gasteiger charge is -2.08. The van der Waals surface area contributed by atoms with Gasteiger partial charge in [-0.2, -0.15) is 0 Å². The molecule has 5 heteroatoms. The van der Waals surface area contributed by atoms with Crippen LogP contribution in [-0.4, -0.2) is 14.3 Å². The van der Waals surface area contributed by atoms with Crippen molar-refractivity contribution in [2.24, 2.45) is 0 Å². The number of nitro groups is 1. The van der Waals surface area contributed by atoms with Gasteiger partial charge in [-0.1, -0.05) is 78.9 Å². The van der Waals surface area contributed by atoms with Crippen LogP contribution in [0.3, 0.4) is 0 Å². The number of rotatable bonds is 4. The Kier molecular flexibility index (Phi) is 4.01. The Hall–Kier alpha value is -4.51. The monoisotopic (exact) mass is 415 g/mol. The van der Waals surface area contributed by atoms with Crippen molar-refractivity contribution in [1.82, 2.24) is 9.38 Å². The van der Waals surface area contributed by atoms with Gasteiger partial charge in [-0.25, -0.2) is 4.98 Å². The third-order valence-electron chi connectivity index (χ3n) is 5.84. The first kappa shape index (κ1) is 18.3. The van der Waals surface area contributed by atoms with Gasteiger partial charge in [0.15, 0.2) is 0 Å². The van der Waals surface area contributed by atoms with E-state index in [4.69, 9.17) is 4.98 Å². The van der Waals surface area contributed by atoms with Gasteiger partial charge in [0.1, 0.15) is 5.65 Å². The van der Waals surface area contributed by atoms with Crippen molar-refractivity contribution in [2.75, 3.05) is 0 Å². The Labute approximate surface area is 183 Å². The van der Waals surface area contributed by atoms with Crippen LogP contribution in [0.1, 0.15) is 0 Å². The minimum absolute atomic E-state index is 0.0542. The molecule has 6 aromatic rings. The zero-order chi connectivity index (χ0) is 21.7. The molecule has 0 saturated heterocycles. The SMILES string of the molecule is O=[N+]([O-])c1cccc(-c2nc3cccc4c(-c5ccccc5)c(-c5ccccc5)c2n34)c1. The summed E-state index contributed by atoms with van der Waals surface area (Å²) in [5.74, 6) is 0. The average molecular weight is 415 g/mol. The fraction of sp³-hybridized carbons (Fsp3) is 0. The molecule has 3 heterocycles. The molecule has 0 bridgehead atoms. The second-order valence-corrected chi connectivity index (χ2v) is 7.70. The standard InChI is InChI=1S/C27H17N3O2/c31-30(32)21-14-7-13-20(17-21)26-27-25(19-11-5-2-6-12-19)24(18-9-3-1-4-10-18)22-15-8-16-23(28-26)29(22)27/h1-17H. The molecule has 0 saturated carbocycles. The second-order valence-electron chi connectivity index (χ2n) is 7.70. The van der Waals surface area contributed by atoms with E-state index in [1.807, 2.05) is 54.6 Å². The van der Waals surface area contributed by atoms with Gasteiger partial charge < -0.3 is 0 Å².